The summed E-state index contributed by atoms with van der Waals surface area (Å²) >= 11 is 0. The molecule has 1 N–H and O–H groups in total. The SMILES string of the molecule is OC1CCCC1C1CCCCN1CCC1CCCO1. The second-order valence-corrected chi connectivity index (χ2v) is 6.68. The zero-order chi connectivity index (χ0) is 13.1. The predicted octanol–water partition coefficient (Wildman–Crippen LogP) is 2.57. The highest BCUT2D eigenvalue weighted by molar-refractivity contribution is 4.90. The summed E-state index contributed by atoms with van der Waals surface area (Å²) < 4.78 is 5.75. The fourth-order valence-electron chi connectivity index (χ4n) is 4.38. The van der Waals surface area contributed by atoms with E-state index in [1.54, 1.807) is 0 Å². The van der Waals surface area contributed by atoms with Crippen LogP contribution in [-0.2, 0) is 4.74 Å². The smallest absolute Gasteiger partial charge is 0.0588 e. The largest absolute Gasteiger partial charge is 0.393 e. The number of aliphatic hydroxyl groups excluding tert-OH is 1. The number of hydrogen-bond donors (Lipinski definition) is 1. The fraction of sp³-hybridized carbons (Fsp3) is 1.00. The lowest BCUT2D eigenvalue weighted by Crippen LogP contribution is -2.47. The van der Waals surface area contributed by atoms with Crippen LogP contribution in [0.25, 0.3) is 0 Å². The monoisotopic (exact) mass is 267 g/mol. The molecular formula is C16H29NO2. The first kappa shape index (κ1) is 13.8. The van der Waals surface area contributed by atoms with Crippen LogP contribution in [0, 0.1) is 5.92 Å². The number of nitrogens with zero attached hydrogens (tertiary/aromatic N) is 1. The van der Waals surface area contributed by atoms with E-state index in [0.717, 1.165) is 13.0 Å². The summed E-state index contributed by atoms with van der Waals surface area (Å²) in [7, 11) is 0. The van der Waals surface area contributed by atoms with Gasteiger partial charge in [0.25, 0.3) is 0 Å². The molecule has 2 heterocycles. The molecule has 0 amide bonds. The summed E-state index contributed by atoms with van der Waals surface area (Å²) in [6.07, 6.45) is 11.6. The average molecular weight is 267 g/mol. The molecule has 3 fully saturated rings. The molecule has 0 bridgehead atoms. The number of ether oxygens (including phenoxy) is 1. The van der Waals surface area contributed by atoms with Gasteiger partial charge in [-0.3, -0.25) is 4.90 Å². The Morgan fingerprint density at radius 2 is 1.95 bits per heavy atom. The lowest BCUT2D eigenvalue weighted by atomic mass is 9.87. The summed E-state index contributed by atoms with van der Waals surface area (Å²) in [5, 5.41) is 10.2. The van der Waals surface area contributed by atoms with Gasteiger partial charge in [-0.15, -0.1) is 0 Å². The molecule has 3 aliphatic rings. The van der Waals surface area contributed by atoms with Gasteiger partial charge in [-0.05, 0) is 51.5 Å². The first-order chi connectivity index (χ1) is 9.34. The quantitative estimate of drug-likeness (QED) is 0.850. The van der Waals surface area contributed by atoms with Crippen molar-refractivity contribution in [2.24, 2.45) is 5.92 Å². The van der Waals surface area contributed by atoms with Crippen LogP contribution in [0.3, 0.4) is 0 Å². The zero-order valence-corrected chi connectivity index (χ0v) is 12.1. The summed E-state index contributed by atoms with van der Waals surface area (Å²) in [5.74, 6) is 0.546. The third kappa shape index (κ3) is 3.32. The fourth-order valence-corrected chi connectivity index (χ4v) is 4.38. The minimum absolute atomic E-state index is 0.0340. The second kappa shape index (κ2) is 6.55. The van der Waals surface area contributed by atoms with Crippen molar-refractivity contribution in [1.29, 1.82) is 0 Å². The minimum Gasteiger partial charge on any atom is -0.393 e. The third-order valence-corrected chi connectivity index (χ3v) is 5.45. The molecule has 0 radical (unpaired) electrons. The zero-order valence-electron chi connectivity index (χ0n) is 12.1. The van der Waals surface area contributed by atoms with Gasteiger partial charge in [-0.1, -0.05) is 12.8 Å². The first-order valence-corrected chi connectivity index (χ1v) is 8.38. The third-order valence-electron chi connectivity index (χ3n) is 5.45. The van der Waals surface area contributed by atoms with Gasteiger partial charge in [0.2, 0.25) is 0 Å². The van der Waals surface area contributed by atoms with Gasteiger partial charge in [0, 0.05) is 25.1 Å². The summed E-state index contributed by atoms with van der Waals surface area (Å²) in [5.41, 5.74) is 0. The lowest BCUT2D eigenvalue weighted by Gasteiger charge is -2.40. The molecule has 0 spiro atoms. The van der Waals surface area contributed by atoms with E-state index in [2.05, 4.69) is 4.90 Å². The van der Waals surface area contributed by atoms with E-state index in [1.807, 2.05) is 0 Å². The van der Waals surface area contributed by atoms with Gasteiger partial charge in [-0.25, -0.2) is 0 Å². The minimum atomic E-state index is -0.0340. The molecular weight excluding hydrogens is 238 g/mol. The molecule has 3 heteroatoms. The molecule has 3 rings (SSSR count). The Hall–Kier alpha value is -0.120. The Labute approximate surface area is 117 Å². The molecule has 2 saturated heterocycles. The number of rotatable bonds is 4. The van der Waals surface area contributed by atoms with E-state index >= 15 is 0 Å². The number of piperidine rings is 1. The van der Waals surface area contributed by atoms with Crippen LogP contribution in [-0.4, -0.2) is 48.0 Å². The summed E-state index contributed by atoms with van der Waals surface area (Å²) in [6.45, 7) is 3.38. The van der Waals surface area contributed by atoms with Crippen molar-refractivity contribution in [2.75, 3.05) is 19.7 Å². The van der Waals surface area contributed by atoms with E-state index in [1.165, 1.54) is 64.5 Å². The maximum Gasteiger partial charge on any atom is 0.0588 e. The number of likely N-dealkylation sites (tertiary alicyclic amines) is 1. The van der Waals surface area contributed by atoms with Crippen LogP contribution in [0.4, 0.5) is 0 Å². The van der Waals surface area contributed by atoms with Gasteiger partial charge < -0.3 is 9.84 Å². The van der Waals surface area contributed by atoms with Gasteiger partial charge in [0.1, 0.15) is 0 Å². The lowest BCUT2D eigenvalue weighted by molar-refractivity contribution is 0.0234. The van der Waals surface area contributed by atoms with Crippen LogP contribution in [0.5, 0.6) is 0 Å². The molecule has 110 valence electrons. The average Bonchev–Trinajstić information content (AvgIpc) is 3.08. The van der Waals surface area contributed by atoms with Crippen molar-refractivity contribution in [3.63, 3.8) is 0 Å². The number of hydrogen-bond acceptors (Lipinski definition) is 3. The molecule has 0 aromatic heterocycles. The van der Waals surface area contributed by atoms with Crippen molar-refractivity contribution < 1.29 is 9.84 Å². The van der Waals surface area contributed by atoms with E-state index in [4.69, 9.17) is 4.74 Å². The van der Waals surface area contributed by atoms with Crippen LogP contribution in [0.2, 0.25) is 0 Å². The molecule has 19 heavy (non-hydrogen) atoms. The molecule has 4 unspecified atom stereocenters. The predicted molar refractivity (Wildman–Crippen MR) is 76.2 cm³/mol. The maximum absolute atomic E-state index is 10.2. The summed E-state index contributed by atoms with van der Waals surface area (Å²) in [4.78, 5) is 2.67. The normalized spacial score (nSPS) is 40.9. The van der Waals surface area contributed by atoms with Crippen LogP contribution in [0.15, 0.2) is 0 Å². The summed E-state index contributed by atoms with van der Waals surface area (Å²) in [6, 6.07) is 0.646. The molecule has 0 aromatic carbocycles. The van der Waals surface area contributed by atoms with E-state index in [-0.39, 0.29) is 6.10 Å². The van der Waals surface area contributed by atoms with Gasteiger partial charge in [0.15, 0.2) is 0 Å². The van der Waals surface area contributed by atoms with Crippen LogP contribution in [0.1, 0.15) is 57.8 Å². The maximum atomic E-state index is 10.2. The molecule has 4 atom stereocenters. The molecule has 1 saturated carbocycles. The van der Waals surface area contributed by atoms with Crippen LogP contribution < -0.4 is 0 Å². The highest BCUT2D eigenvalue weighted by Crippen LogP contribution is 2.35. The van der Waals surface area contributed by atoms with Crippen molar-refractivity contribution in [3.8, 4) is 0 Å². The highest BCUT2D eigenvalue weighted by Gasteiger charge is 2.36. The molecule has 3 nitrogen and oxygen atoms in total. The van der Waals surface area contributed by atoms with Crippen molar-refractivity contribution in [1.82, 2.24) is 4.90 Å². The van der Waals surface area contributed by atoms with Gasteiger partial charge in [0.05, 0.1) is 12.2 Å². The Bertz CT molecular complexity index is 278. The Morgan fingerprint density at radius 3 is 2.68 bits per heavy atom. The standard InChI is InChI=1S/C16H29NO2/c18-16-8-3-6-14(16)15-7-1-2-10-17(15)11-9-13-5-4-12-19-13/h13-16,18H,1-12H2. The number of aliphatic hydroxyl groups is 1. The Kier molecular flexibility index (Phi) is 4.78. The molecule has 0 aromatic rings. The van der Waals surface area contributed by atoms with Crippen molar-refractivity contribution in [3.05, 3.63) is 0 Å². The van der Waals surface area contributed by atoms with E-state index < -0.39 is 0 Å². The van der Waals surface area contributed by atoms with Gasteiger partial charge >= 0.3 is 0 Å². The first-order valence-electron chi connectivity index (χ1n) is 8.38. The molecule has 2 aliphatic heterocycles. The highest BCUT2D eigenvalue weighted by atomic mass is 16.5. The van der Waals surface area contributed by atoms with Crippen molar-refractivity contribution >= 4 is 0 Å². The topological polar surface area (TPSA) is 32.7 Å². The van der Waals surface area contributed by atoms with E-state index in [0.29, 0.717) is 18.1 Å². The van der Waals surface area contributed by atoms with Crippen LogP contribution >= 0.6 is 0 Å². The second-order valence-electron chi connectivity index (χ2n) is 6.68. The molecule has 1 aliphatic carbocycles. The van der Waals surface area contributed by atoms with E-state index in [9.17, 15) is 5.11 Å². The van der Waals surface area contributed by atoms with Crippen molar-refractivity contribution in [2.45, 2.75) is 76.0 Å². The van der Waals surface area contributed by atoms with Gasteiger partial charge in [-0.2, -0.15) is 0 Å². The Morgan fingerprint density at radius 1 is 1.00 bits per heavy atom. The Balaban J connectivity index is 1.54.